The Hall–Kier alpha value is -1.65. The molecule has 0 atom stereocenters. The van der Waals surface area contributed by atoms with Gasteiger partial charge in [-0.25, -0.2) is 22.7 Å². The van der Waals surface area contributed by atoms with Gasteiger partial charge in [-0.1, -0.05) is 15.9 Å². The number of primary amides is 1. The Morgan fingerprint density at radius 3 is 2.48 bits per heavy atom. The fraction of sp³-hybridized carbons (Fsp3) is 0.273. The first-order valence-electron chi connectivity index (χ1n) is 5.71. The zero-order valence-electron chi connectivity index (χ0n) is 11.0. The third-order valence-corrected chi connectivity index (χ3v) is 4.84. The van der Waals surface area contributed by atoms with E-state index in [0.29, 0.717) is 10.0 Å². The molecule has 0 radical (unpaired) electrons. The van der Waals surface area contributed by atoms with Crippen molar-refractivity contribution in [2.45, 2.75) is 11.8 Å². The van der Waals surface area contributed by atoms with Crippen LogP contribution in [0.3, 0.4) is 0 Å². The number of carboxylic acids is 1. The molecule has 0 aliphatic rings. The highest BCUT2D eigenvalue weighted by molar-refractivity contribution is 9.10. The van der Waals surface area contributed by atoms with Crippen molar-refractivity contribution in [3.8, 4) is 0 Å². The molecule has 0 spiro atoms. The molecule has 8 nitrogen and oxygen atoms in total. The summed E-state index contributed by atoms with van der Waals surface area (Å²) in [5.41, 5.74) is 5.16. The molecule has 0 aliphatic carbocycles. The Labute approximate surface area is 129 Å². The van der Waals surface area contributed by atoms with Gasteiger partial charge in [0.2, 0.25) is 10.0 Å². The van der Waals surface area contributed by atoms with Crippen LogP contribution in [-0.2, 0) is 10.0 Å². The van der Waals surface area contributed by atoms with E-state index < -0.39 is 22.0 Å². The van der Waals surface area contributed by atoms with Crippen LogP contribution in [0.5, 0.6) is 0 Å². The van der Waals surface area contributed by atoms with Crippen LogP contribution in [-0.4, -0.2) is 38.6 Å². The number of hydrogen-bond acceptors (Lipinski definition) is 4. The highest BCUT2D eigenvalue weighted by Crippen LogP contribution is 2.24. The number of benzene rings is 1. The first kappa shape index (κ1) is 17.4. The Morgan fingerprint density at radius 1 is 1.33 bits per heavy atom. The fourth-order valence-corrected chi connectivity index (χ4v) is 3.18. The van der Waals surface area contributed by atoms with E-state index in [9.17, 15) is 18.0 Å². The van der Waals surface area contributed by atoms with Crippen LogP contribution < -0.4 is 15.8 Å². The Morgan fingerprint density at radius 2 is 1.95 bits per heavy atom. The van der Waals surface area contributed by atoms with Crippen LogP contribution >= 0.6 is 15.9 Å². The van der Waals surface area contributed by atoms with Crippen molar-refractivity contribution in [3.05, 3.63) is 27.7 Å². The molecular formula is C11H14BrN3O5S. The van der Waals surface area contributed by atoms with Crippen LogP contribution in [0.15, 0.2) is 21.5 Å². The minimum Gasteiger partial charge on any atom is -0.478 e. The third-order valence-electron chi connectivity index (χ3n) is 2.57. The number of carbonyl (C=O) groups excluding carboxylic acids is 1. The summed E-state index contributed by atoms with van der Waals surface area (Å²) in [6, 6.07) is 1.62. The fourth-order valence-electron chi connectivity index (χ4n) is 1.49. The Kier molecular flexibility index (Phi) is 5.70. The van der Waals surface area contributed by atoms with Crippen LogP contribution in [0, 0.1) is 6.92 Å². The number of urea groups is 1. The lowest BCUT2D eigenvalue weighted by atomic mass is 10.1. The molecular weight excluding hydrogens is 366 g/mol. The average Bonchev–Trinajstić information content (AvgIpc) is 2.37. The smallest absolute Gasteiger partial charge is 0.336 e. The second-order valence-corrected chi connectivity index (χ2v) is 6.69. The number of nitrogens with one attached hydrogen (secondary N) is 2. The van der Waals surface area contributed by atoms with Crippen molar-refractivity contribution in [2.24, 2.45) is 5.73 Å². The Balaban J connectivity index is 2.98. The van der Waals surface area contributed by atoms with Gasteiger partial charge in [-0.3, -0.25) is 0 Å². The second-order valence-electron chi connectivity index (χ2n) is 4.07. The highest BCUT2D eigenvalue weighted by atomic mass is 79.9. The Bertz CT molecular complexity index is 675. The van der Waals surface area contributed by atoms with Crippen molar-refractivity contribution in [1.82, 2.24) is 10.0 Å². The van der Waals surface area contributed by atoms with Crippen molar-refractivity contribution >= 4 is 38.0 Å². The maximum Gasteiger partial charge on any atom is 0.336 e. The zero-order valence-corrected chi connectivity index (χ0v) is 13.4. The molecule has 0 unspecified atom stereocenters. The second kappa shape index (κ2) is 6.87. The van der Waals surface area contributed by atoms with Crippen molar-refractivity contribution in [1.29, 1.82) is 0 Å². The highest BCUT2D eigenvalue weighted by Gasteiger charge is 2.19. The summed E-state index contributed by atoms with van der Waals surface area (Å²) in [4.78, 5) is 21.4. The van der Waals surface area contributed by atoms with Gasteiger partial charge in [0.1, 0.15) is 0 Å². The van der Waals surface area contributed by atoms with E-state index in [1.807, 2.05) is 0 Å². The van der Waals surface area contributed by atoms with E-state index in [1.165, 1.54) is 6.07 Å². The van der Waals surface area contributed by atoms with Crippen molar-refractivity contribution in [2.75, 3.05) is 13.1 Å². The topological polar surface area (TPSA) is 139 Å². The van der Waals surface area contributed by atoms with E-state index in [0.717, 1.165) is 6.07 Å². The number of nitrogens with two attached hydrogens (primary N) is 1. The van der Waals surface area contributed by atoms with Crippen LogP contribution in [0.4, 0.5) is 4.79 Å². The van der Waals surface area contributed by atoms with Gasteiger partial charge in [0, 0.05) is 17.6 Å². The van der Waals surface area contributed by atoms with Crippen LogP contribution in [0.1, 0.15) is 15.9 Å². The minimum atomic E-state index is -3.89. The number of carboxylic acid groups (broad SMARTS) is 1. The summed E-state index contributed by atoms with van der Waals surface area (Å²) in [6.45, 7) is 1.51. The zero-order chi connectivity index (χ0) is 16.2. The summed E-state index contributed by atoms with van der Waals surface area (Å²) >= 11 is 3.13. The molecule has 2 amide bonds. The molecule has 21 heavy (non-hydrogen) atoms. The lowest BCUT2D eigenvalue weighted by molar-refractivity contribution is 0.0695. The number of aromatic carboxylic acids is 1. The van der Waals surface area contributed by atoms with Gasteiger partial charge in [0.15, 0.2) is 0 Å². The van der Waals surface area contributed by atoms with Crippen molar-refractivity contribution < 1.29 is 23.1 Å². The summed E-state index contributed by atoms with van der Waals surface area (Å²) in [7, 11) is -3.89. The van der Waals surface area contributed by atoms with Gasteiger partial charge in [-0.15, -0.1) is 0 Å². The minimum absolute atomic E-state index is 0.0212. The number of hydrogen-bond donors (Lipinski definition) is 4. The number of rotatable bonds is 6. The number of amides is 2. The molecule has 0 aromatic heterocycles. The van der Waals surface area contributed by atoms with Gasteiger partial charge in [0.05, 0.1) is 10.5 Å². The molecule has 1 rings (SSSR count). The van der Waals surface area contributed by atoms with E-state index in [4.69, 9.17) is 10.8 Å². The first-order chi connectivity index (χ1) is 9.65. The predicted octanol–water partition coefficient (Wildman–Crippen LogP) is 0.402. The lowest BCUT2D eigenvalue weighted by Gasteiger charge is -2.10. The molecule has 1 aromatic carbocycles. The maximum absolute atomic E-state index is 12.0. The van der Waals surface area contributed by atoms with Gasteiger partial charge in [0.25, 0.3) is 0 Å². The molecule has 0 saturated carbocycles. The van der Waals surface area contributed by atoms with Crippen LogP contribution in [0.25, 0.3) is 0 Å². The van der Waals surface area contributed by atoms with Gasteiger partial charge in [-0.05, 0) is 24.6 Å². The normalized spacial score (nSPS) is 11.1. The molecule has 116 valence electrons. The van der Waals surface area contributed by atoms with Crippen molar-refractivity contribution in [3.63, 3.8) is 0 Å². The third kappa shape index (κ3) is 4.69. The van der Waals surface area contributed by atoms with E-state index in [2.05, 4.69) is 26.0 Å². The average molecular weight is 380 g/mol. The molecule has 5 N–H and O–H groups in total. The summed E-state index contributed by atoms with van der Waals surface area (Å²) in [6.07, 6.45) is 0. The maximum atomic E-state index is 12.0. The summed E-state index contributed by atoms with van der Waals surface area (Å²) in [5, 5.41) is 11.3. The molecule has 0 fully saturated rings. The van der Waals surface area contributed by atoms with Gasteiger partial charge in [-0.2, -0.15) is 0 Å². The number of halogens is 1. The van der Waals surface area contributed by atoms with E-state index >= 15 is 0 Å². The van der Waals surface area contributed by atoms with Crippen LogP contribution in [0.2, 0.25) is 0 Å². The SMILES string of the molecule is Cc1c(Br)cc(S(=O)(=O)NCCNC(N)=O)cc1C(=O)O. The van der Waals surface area contributed by atoms with E-state index in [1.54, 1.807) is 6.92 Å². The standard InChI is InChI=1S/C11H14BrN3O5S/c1-6-8(10(16)17)4-7(5-9(6)12)21(19,20)15-3-2-14-11(13)18/h4-5,15H,2-3H2,1H3,(H,16,17)(H3,13,14,18). The molecule has 0 bridgehead atoms. The molecule has 0 heterocycles. The van der Waals surface area contributed by atoms with Gasteiger partial charge >= 0.3 is 12.0 Å². The summed E-state index contributed by atoms with van der Waals surface area (Å²) < 4.78 is 26.7. The molecule has 0 saturated heterocycles. The summed E-state index contributed by atoms with van der Waals surface area (Å²) in [5.74, 6) is -1.22. The lowest BCUT2D eigenvalue weighted by Crippen LogP contribution is -2.37. The number of sulfonamides is 1. The predicted molar refractivity (Wildman–Crippen MR) is 78.6 cm³/mol. The molecule has 10 heteroatoms. The first-order valence-corrected chi connectivity index (χ1v) is 7.99. The number of carbonyl (C=O) groups is 2. The monoisotopic (exact) mass is 379 g/mol. The van der Waals surface area contributed by atoms with E-state index in [-0.39, 0.29) is 23.5 Å². The quantitative estimate of drug-likeness (QED) is 0.529. The largest absolute Gasteiger partial charge is 0.478 e. The van der Waals surface area contributed by atoms with Gasteiger partial charge < -0.3 is 16.2 Å². The molecule has 1 aromatic rings. The molecule has 0 aliphatic heterocycles.